The van der Waals surface area contributed by atoms with Crippen LogP contribution in [0.4, 0.5) is 5.69 Å². The summed E-state index contributed by atoms with van der Waals surface area (Å²) in [4.78, 5) is 11.7. The van der Waals surface area contributed by atoms with Crippen LogP contribution in [0.5, 0.6) is 0 Å². The molecule has 1 N–H and O–H groups in total. The van der Waals surface area contributed by atoms with Crippen LogP contribution in [-0.2, 0) is 4.74 Å². The maximum absolute atomic E-state index is 11.7. The second kappa shape index (κ2) is 6.27. The smallest absolute Gasteiger partial charge is 0.337 e. The first-order valence-electron chi connectivity index (χ1n) is 9.39. The molecule has 134 valence electrons. The van der Waals surface area contributed by atoms with E-state index in [0.29, 0.717) is 17.4 Å². The molecule has 3 aromatic carbocycles. The van der Waals surface area contributed by atoms with Gasteiger partial charge in [-0.1, -0.05) is 60.7 Å². The van der Waals surface area contributed by atoms with Gasteiger partial charge in [0.15, 0.2) is 0 Å². The fourth-order valence-corrected chi connectivity index (χ4v) is 4.61. The lowest BCUT2D eigenvalue weighted by Gasteiger charge is -2.38. The third-order valence-corrected chi connectivity index (χ3v) is 5.95. The molecule has 2 aliphatic rings. The predicted molar refractivity (Wildman–Crippen MR) is 108 cm³/mol. The molecule has 0 amide bonds. The Morgan fingerprint density at radius 3 is 2.67 bits per heavy atom. The Morgan fingerprint density at radius 1 is 1.04 bits per heavy atom. The van der Waals surface area contributed by atoms with Gasteiger partial charge in [0.05, 0.1) is 18.7 Å². The molecular weight excluding hydrogens is 334 g/mol. The van der Waals surface area contributed by atoms with Crippen LogP contribution < -0.4 is 5.32 Å². The standard InChI is InChI=1S/C24H21NO2/c1-27-24(26)17-11-9-16(10-12-17)22-20-8-4-7-19(20)21-14-13-15-5-2-3-6-18(15)23(21)25-22/h2-7,9-14,19-20,22,25H,8H2,1H3/t19-,20-,22+/m0/s1. The van der Waals surface area contributed by atoms with E-state index in [9.17, 15) is 4.79 Å². The van der Waals surface area contributed by atoms with Gasteiger partial charge in [-0.05, 0) is 41.0 Å². The second-order valence-corrected chi connectivity index (χ2v) is 7.34. The predicted octanol–water partition coefficient (Wildman–Crippen LogP) is 5.45. The minimum atomic E-state index is -0.296. The van der Waals surface area contributed by atoms with Gasteiger partial charge in [0.1, 0.15) is 0 Å². The molecule has 0 saturated carbocycles. The number of ether oxygens (including phenoxy) is 1. The molecule has 1 heterocycles. The summed E-state index contributed by atoms with van der Waals surface area (Å²) in [6.07, 6.45) is 5.72. The maximum Gasteiger partial charge on any atom is 0.337 e. The number of carbonyl (C=O) groups excluding carboxylic acids is 1. The van der Waals surface area contributed by atoms with Crippen LogP contribution in [0.3, 0.4) is 0 Å². The summed E-state index contributed by atoms with van der Waals surface area (Å²) in [5, 5.41) is 6.36. The van der Waals surface area contributed by atoms with Crippen LogP contribution in [0.25, 0.3) is 10.8 Å². The van der Waals surface area contributed by atoms with Crippen molar-refractivity contribution in [3.8, 4) is 0 Å². The highest BCUT2D eigenvalue weighted by atomic mass is 16.5. The number of hydrogen-bond acceptors (Lipinski definition) is 3. The molecule has 0 aromatic heterocycles. The molecule has 3 nitrogen and oxygen atoms in total. The molecule has 27 heavy (non-hydrogen) atoms. The average Bonchev–Trinajstić information content (AvgIpc) is 3.22. The highest BCUT2D eigenvalue weighted by Crippen LogP contribution is 2.51. The summed E-state index contributed by atoms with van der Waals surface area (Å²) in [6.45, 7) is 0. The van der Waals surface area contributed by atoms with Crippen LogP contribution in [0, 0.1) is 5.92 Å². The van der Waals surface area contributed by atoms with E-state index in [-0.39, 0.29) is 12.0 Å². The lowest BCUT2D eigenvalue weighted by atomic mass is 9.76. The van der Waals surface area contributed by atoms with E-state index >= 15 is 0 Å². The molecule has 0 spiro atoms. The fraction of sp³-hybridized carbons (Fsp3) is 0.208. The Labute approximate surface area is 158 Å². The average molecular weight is 355 g/mol. The van der Waals surface area contributed by atoms with Crippen LogP contribution >= 0.6 is 0 Å². The topological polar surface area (TPSA) is 38.3 Å². The number of benzene rings is 3. The summed E-state index contributed by atoms with van der Waals surface area (Å²) >= 11 is 0. The van der Waals surface area contributed by atoms with Crippen LogP contribution in [-0.4, -0.2) is 13.1 Å². The van der Waals surface area contributed by atoms with Crippen LogP contribution in [0.15, 0.2) is 72.8 Å². The number of fused-ring (bicyclic) bond motifs is 5. The Hall–Kier alpha value is -3.07. The van der Waals surface area contributed by atoms with Crippen molar-refractivity contribution in [2.75, 3.05) is 12.4 Å². The number of esters is 1. The molecule has 0 radical (unpaired) electrons. The van der Waals surface area contributed by atoms with E-state index < -0.39 is 0 Å². The van der Waals surface area contributed by atoms with Crippen molar-refractivity contribution in [2.45, 2.75) is 18.4 Å². The molecule has 3 atom stereocenters. The Morgan fingerprint density at radius 2 is 1.85 bits per heavy atom. The third-order valence-electron chi connectivity index (χ3n) is 5.95. The summed E-state index contributed by atoms with van der Waals surface area (Å²) in [7, 11) is 1.41. The summed E-state index contributed by atoms with van der Waals surface area (Å²) in [5.74, 6) is 0.619. The van der Waals surface area contributed by atoms with Gasteiger partial charge in [-0.15, -0.1) is 0 Å². The zero-order valence-corrected chi connectivity index (χ0v) is 15.2. The van der Waals surface area contributed by atoms with Crippen molar-refractivity contribution in [3.05, 3.63) is 89.5 Å². The highest BCUT2D eigenvalue weighted by Gasteiger charge is 2.38. The lowest BCUT2D eigenvalue weighted by Crippen LogP contribution is -2.29. The number of hydrogen-bond donors (Lipinski definition) is 1. The highest BCUT2D eigenvalue weighted by molar-refractivity contribution is 5.96. The SMILES string of the molecule is COC(=O)c1ccc([C@H]2Nc3c(ccc4ccccc34)[C@H]3C=CC[C@@H]32)cc1. The molecule has 3 heteroatoms. The van der Waals surface area contributed by atoms with Gasteiger partial charge < -0.3 is 10.1 Å². The molecule has 1 aliphatic carbocycles. The number of methoxy groups -OCH3 is 1. The summed E-state index contributed by atoms with van der Waals surface area (Å²) in [5.41, 5.74) is 4.42. The zero-order chi connectivity index (χ0) is 18.4. The molecule has 0 bridgehead atoms. The van der Waals surface area contributed by atoms with Gasteiger partial charge in [0.25, 0.3) is 0 Å². The maximum atomic E-state index is 11.7. The third kappa shape index (κ3) is 2.54. The molecular formula is C24H21NO2. The van der Waals surface area contributed by atoms with Crippen molar-refractivity contribution >= 4 is 22.4 Å². The van der Waals surface area contributed by atoms with Gasteiger partial charge in [-0.2, -0.15) is 0 Å². The van der Waals surface area contributed by atoms with Crippen molar-refractivity contribution in [3.63, 3.8) is 0 Å². The van der Waals surface area contributed by atoms with Crippen molar-refractivity contribution in [1.82, 2.24) is 0 Å². The van der Waals surface area contributed by atoms with E-state index in [0.717, 1.165) is 6.42 Å². The van der Waals surface area contributed by atoms with Gasteiger partial charge in [0.2, 0.25) is 0 Å². The molecule has 1 aliphatic heterocycles. The van der Waals surface area contributed by atoms with E-state index in [1.807, 2.05) is 12.1 Å². The monoisotopic (exact) mass is 355 g/mol. The fourth-order valence-electron chi connectivity index (χ4n) is 4.61. The number of anilines is 1. The molecule has 0 fully saturated rings. The first-order valence-corrected chi connectivity index (χ1v) is 9.39. The van der Waals surface area contributed by atoms with E-state index in [1.54, 1.807) is 0 Å². The van der Waals surface area contributed by atoms with Crippen LogP contribution in [0.1, 0.15) is 39.9 Å². The van der Waals surface area contributed by atoms with Crippen LogP contribution in [0.2, 0.25) is 0 Å². The first kappa shape index (κ1) is 16.1. The molecule has 0 unspecified atom stereocenters. The lowest BCUT2D eigenvalue weighted by molar-refractivity contribution is 0.0600. The van der Waals surface area contributed by atoms with Gasteiger partial charge in [-0.3, -0.25) is 0 Å². The van der Waals surface area contributed by atoms with Gasteiger partial charge in [-0.25, -0.2) is 4.79 Å². The number of rotatable bonds is 2. The molecule has 0 saturated heterocycles. The first-order chi connectivity index (χ1) is 13.3. The number of allylic oxidation sites excluding steroid dienone is 2. The minimum absolute atomic E-state index is 0.218. The normalized spacial score (nSPS) is 22.8. The van der Waals surface area contributed by atoms with E-state index in [1.165, 1.54) is 34.7 Å². The molecule has 3 aromatic rings. The summed E-state index contributed by atoms with van der Waals surface area (Å²) < 4.78 is 4.82. The number of nitrogens with one attached hydrogen (secondary N) is 1. The largest absolute Gasteiger partial charge is 0.465 e. The van der Waals surface area contributed by atoms with E-state index in [2.05, 4.69) is 66.0 Å². The zero-order valence-electron chi connectivity index (χ0n) is 15.2. The number of carbonyl (C=O) groups is 1. The molecule has 5 rings (SSSR count). The Balaban J connectivity index is 1.59. The second-order valence-electron chi connectivity index (χ2n) is 7.34. The van der Waals surface area contributed by atoms with Crippen molar-refractivity contribution in [2.24, 2.45) is 5.92 Å². The quantitative estimate of drug-likeness (QED) is 0.490. The van der Waals surface area contributed by atoms with E-state index in [4.69, 9.17) is 4.74 Å². The summed E-state index contributed by atoms with van der Waals surface area (Å²) in [6, 6.07) is 21.1. The van der Waals surface area contributed by atoms with Crippen molar-refractivity contribution in [1.29, 1.82) is 0 Å². The van der Waals surface area contributed by atoms with Gasteiger partial charge >= 0.3 is 5.97 Å². The Bertz CT molecular complexity index is 1050. The minimum Gasteiger partial charge on any atom is -0.465 e. The van der Waals surface area contributed by atoms with Crippen molar-refractivity contribution < 1.29 is 9.53 Å². The Kier molecular flexibility index (Phi) is 3.75. The van der Waals surface area contributed by atoms with Gasteiger partial charge in [0, 0.05) is 17.0 Å².